The van der Waals surface area contributed by atoms with Gasteiger partial charge in [0, 0.05) is 5.41 Å². The second kappa shape index (κ2) is 6.15. The number of nitrogens with zero attached hydrogens (tertiary/aromatic N) is 2. The lowest BCUT2D eigenvalue weighted by Crippen LogP contribution is -2.39. The molecule has 6 nitrogen and oxygen atoms in total. The monoisotopic (exact) mass is 276 g/mol. The number of carbonyl (C=O) groups is 1. The van der Waals surface area contributed by atoms with Gasteiger partial charge in [0.15, 0.2) is 5.82 Å². The molecule has 0 aliphatic rings. The van der Waals surface area contributed by atoms with Crippen molar-refractivity contribution in [2.75, 3.05) is 0 Å². The van der Waals surface area contributed by atoms with Crippen LogP contribution in [0.3, 0.4) is 0 Å². The van der Waals surface area contributed by atoms with E-state index in [0.29, 0.717) is 11.7 Å². The fourth-order valence-corrected chi connectivity index (χ4v) is 1.12. The van der Waals surface area contributed by atoms with E-state index in [2.05, 4.69) is 15.5 Å². The highest BCUT2D eigenvalue weighted by molar-refractivity contribution is 5.85. The summed E-state index contributed by atoms with van der Waals surface area (Å²) in [6.45, 7) is 9.38. The van der Waals surface area contributed by atoms with Crippen molar-refractivity contribution in [3.05, 3.63) is 11.7 Å². The minimum atomic E-state index is -0.553. The van der Waals surface area contributed by atoms with Gasteiger partial charge >= 0.3 is 0 Å². The summed E-state index contributed by atoms with van der Waals surface area (Å²) in [7, 11) is 0. The summed E-state index contributed by atoms with van der Waals surface area (Å²) in [5.41, 5.74) is 5.28. The number of carbonyl (C=O) groups excluding carboxylic acids is 1. The van der Waals surface area contributed by atoms with Gasteiger partial charge in [-0.3, -0.25) is 4.79 Å². The van der Waals surface area contributed by atoms with Crippen molar-refractivity contribution in [2.45, 2.75) is 52.1 Å². The van der Waals surface area contributed by atoms with E-state index in [-0.39, 0.29) is 29.8 Å². The van der Waals surface area contributed by atoms with Crippen LogP contribution in [0.1, 0.15) is 52.4 Å². The highest BCUT2D eigenvalue weighted by Gasteiger charge is 2.24. The summed E-state index contributed by atoms with van der Waals surface area (Å²) in [6, 6.07) is -0.889. The first-order chi connectivity index (χ1) is 7.71. The first kappa shape index (κ1) is 16.9. The first-order valence-corrected chi connectivity index (χ1v) is 5.62. The summed E-state index contributed by atoms with van der Waals surface area (Å²) >= 11 is 0. The molecule has 0 fully saturated rings. The van der Waals surface area contributed by atoms with Crippen molar-refractivity contribution in [3.8, 4) is 0 Å². The molecule has 0 saturated heterocycles. The predicted molar refractivity (Wildman–Crippen MR) is 70.5 cm³/mol. The molecule has 1 aromatic heterocycles. The van der Waals surface area contributed by atoms with E-state index >= 15 is 0 Å². The molecule has 104 valence electrons. The number of nitrogens with one attached hydrogen (secondary N) is 1. The van der Waals surface area contributed by atoms with Crippen LogP contribution in [0.2, 0.25) is 0 Å². The average molecular weight is 277 g/mol. The SMILES string of the molecule is CC(NC(=O)[C@@H](C)N)c1nc(C(C)(C)C)no1.Cl. The van der Waals surface area contributed by atoms with Crippen molar-refractivity contribution < 1.29 is 9.32 Å². The molecule has 2 atom stereocenters. The van der Waals surface area contributed by atoms with Gasteiger partial charge in [-0.05, 0) is 13.8 Å². The third kappa shape index (κ3) is 4.27. The van der Waals surface area contributed by atoms with E-state index in [1.165, 1.54) is 0 Å². The topological polar surface area (TPSA) is 94.0 Å². The van der Waals surface area contributed by atoms with Gasteiger partial charge in [0.2, 0.25) is 11.8 Å². The molecular formula is C11H21ClN4O2. The molecule has 1 amide bonds. The quantitative estimate of drug-likeness (QED) is 0.868. The van der Waals surface area contributed by atoms with Crippen LogP contribution < -0.4 is 11.1 Å². The molecule has 18 heavy (non-hydrogen) atoms. The first-order valence-electron chi connectivity index (χ1n) is 5.62. The Labute approximate surface area is 113 Å². The summed E-state index contributed by atoms with van der Waals surface area (Å²) in [6.07, 6.45) is 0. The third-order valence-corrected chi connectivity index (χ3v) is 2.26. The number of nitrogens with two attached hydrogens (primary N) is 1. The zero-order chi connectivity index (χ0) is 13.2. The molecule has 0 aliphatic carbocycles. The zero-order valence-corrected chi connectivity index (χ0v) is 12.2. The van der Waals surface area contributed by atoms with E-state index in [1.54, 1.807) is 13.8 Å². The van der Waals surface area contributed by atoms with Crippen LogP contribution in [-0.4, -0.2) is 22.1 Å². The van der Waals surface area contributed by atoms with E-state index < -0.39 is 6.04 Å². The number of halogens is 1. The van der Waals surface area contributed by atoms with Crippen LogP contribution in [-0.2, 0) is 10.2 Å². The van der Waals surface area contributed by atoms with Gasteiger partial charge in [0.05, 0.1) is 6.04 Å². The minimum Gasteiger partial charge on any atom is -0.343 e. The lowest BCUT2D eigenvalue weighted by atomic mass is 9.96. The van der Waals surface area contributed by atoms with Gasteiger partial charge in [0.1, 0.15) is 6.04 Å². The van der Waals surface area contributed by atoms with Crippen LogP contribution in [0.25, 0.3) is 0 Å². The lowest BCUT2D eigenvalue weighted by Gasteiger charge is -2.12. The number of amides is 1. The van der Waals surface area contributed by atoms with Gasteiger partial charge in [0.25, 0.3) is 0 Å². The van der Waals surface area contributed by atoms with E-state index in [4.69, 9.17) is 10.3 Å². The van der Waals surface area contributed by atoms with Crippen molar-refractivity contribution in [1.29, 1.82) is 0 Å². The van der Waals surface area contributed by atoms with Crippen molar-refractivity contribution in [2.24, 2.45) is 5.73 Å². The van der Waals surface area contributed by atoms with Crippen molar-refractivity contribution >= 4 is 18.3 Å². The number of rotatable bonds is 3. The van der Waals surface area contributed by atoms with Crippen LogP contribution in [0.15, 0.2) is 4.52 Å². The van der Waals surface area contributed by atoms with E-state index in [0.717, 1.165) is 0 Å². The predicted octanol–water partition coefficient (Wildman–Crippen LogP) is 1.31. The van der Waals surface area contributed by atoms with Gasteiger partial charge in [-0.2, -0.15) is 4.98 Å². The second-order valence-electron chi connectivity index (χ2n) is 5.23. The molecule has 0 spiro atoms. The Balaban J connectivity index is 0.00000289. The Bertz CT molecular complexity index is 398. The van der Waals surface area contributed by atoms with Gasteiger partial charge in [-0.1, -0.05) is 25.9 Å². The smallest absolute Gasteiger partial charge is 0.248 e. The van der Waals surface area contributed by atoms with Gasteiger partial charge < -0.3 is 15.6 Å². The molecule has 7 heteroatoms. The Kier molecular flexibility index (Phi) is 5.76. The van der Waals surface area contributed by atoms with E-state index in [1.807, 2.05) is 20.8 Å². The van der Waals surface area contributed by atoms with Gasteiger partial charge in [-0.25, -0.2) is 0 Å². The maximum absolute atomic E-state index is 11.4. The molecule has 0 saturated carbocycles. The van der Waals surface area contributed by atoms with Crippen molar-refractivity contribution in [1.82, 2.24) is 15.5 Å². The molecule has 3 N–H and O–H groups in total. The fourth-order valence-electron chi connectivity index (χ4n) is 1.12. The molecule has 1 heterocycles. The maximum atomic E-state index is 11.4. The fraction of sp³-hybridized carbons (Fsp3) is 0.727. The minimum absolute atomic E-state index is 0. The number of aromatic nitrogens is 2. The van der Waals surface area contributed by atoms with Crippen LogP contribution in [0, 0.1) is 0 Å². The summed E-state index contributed by atoms with van der Waals surface area (Å²) < 4.78 is 5.12. The molecule has 1 unspecified atom stereocenters. The van der Waals surface area contributed by atoms with Crippen molar-refractivity contribution in [3.63, 3.8) is 0 Å². The molecule has 1 aromatic rings. The molecule has 0 bridgehead atoms. The second-order valence-corrected chi connectivity index (χ2v) is 5.23. The molecule has 0 aliphatic heterocycles. The maximum Gasteiger partial charge on any atom is 0.248 e. The Morgan fingerprint density at radius 2 is 1.94 bits per heavy atom. The molecular weight excluding hydrogens is 256 g/mol. The molecule has 1 rings (SSSR count). The Hall–Kier alpha value is -1.14. The van der Waals surface area contributed by atoms with Gasteiger partial charge in [-0.15, -0.1) is 12.4 Å². The molecule has 0 aromatic carbocycles. The van der Waals surface area contributed by atoms with Crippen LogP contribution >= 0.6 is 12.4 Å². The van der Waals surface area contributed by atoms with E-state index in [9.17, 15) is 4.79 Å². The average Bonchev–Trinajstić information content (AvgIpc) is 2.65. The largest absolute Gasteiger partial charge is 0.343 e. The normalized spacial score (nSPS) is 14.6. The highest BCUT2D eigenvalue weighted by atomic mass is 35.5. The third-order valence-electron chi connectivity index (χ3n) is 2.26. The highest BCUT2D eigenvalue weighted by Crippen LogP contribution is 2.20. The Morgan fingerprint density at radius 1 is 1.39 bits per heavy atom. The van der Waals surface area contributed by atoms with Crippen LogP contribution in [0.5, 0.6) is 0 Å². The summed E-state index contributed by atoms with van der Waals surface area (Å²) in [5, 5.41) is 6.59. The molecule has 0 radical (unpaired) electrons. The number of hydrogen-bond donors (Lipinski definition) is 2. The van der Waals surface area contributed by atoms with Crippen LogP contribution in [0.4, 0.5) is 0 Å². The standard InChI is InChI=1S/C11H20N4O2.ClH/c1-6(12)8(16)13-7(2)9-14-10(15-17-9)11(3,4)5;/h6-7H,12H2,1-5H3,(H,13,16);1H/t6-,7?;/m1./s1. The lowest BCUT2D eigenvalue weighted by molar-refractivity contribution is -0.122. The number of hydrogen-bond acceptors (Lipinski definition) is 5. The Morgan fingerprint density at radius 3 is 2.33 bits per heavy atom. The summed E-state index contributed by atoms with van der Waals surface area (Å²) in [5.74, 6) is 0.770. The summed E-state index contributed by atoms with van der Waals surface area (Å²) in [4.78, 5) is 15.7. The zero-order valence-electron chi connectivity index (χ0n) is 11.4.